The van der Waals surface area contributed by atoms with Crippen LogP contribution in [0.5, 0.6) is 0 Å². The number of furan rings is 1. The van der Waals surface area contributed by atoms with Gasteiger partial charge in [-0.25, -0.2) is 9.97 Å². The number of para-hydroxylation sites is 2. The van der Waals surface area contributed by atoms with Gasteiger partial charge in [-0.2, -0.15) is 0 Å². The topological polar surface area (TPSA) is 42.2 Å². The highest BCUT2D eigenvalue weighted by atomic mass is 16.3. The van der Waals surface area contributed by atoms with E-state index in [4.69, 9.17) is 14.4 Å². The fourth-order valence-electron chi connectivity index (χ4n) is 8.50. The first-order valence-corrected chi connectivity index (χ1v) is 17.8. The van der Waals surface area contributed by atoms with Crippen LogP contribution in [0.25, 0.3) is 76.8 Å². The van der Waals surface area contributed by atoms with Crippen molar-refractivity contribution in [2.75, 3.05) is 4.81 Å². The molecule has 6 heteroatoms. The quantitative estimate of drug-likeness (QED) is 0.178. The molecule has 10 aromatic rings. The molecule has 11 rings (SSSR count). The number of aromatic nitrogens is 2. The van der Waals surface area contributed by atoms with Crippen LogP contribution in [0.4, 0.5) is 11.6 Å². The molecular formula is C46H29B2N3O. The van der Waals surface area contributed by atoms with Gasteiger partial charge in [0.05, 0.1) is 22.3 Å². The van der Waals surface area contributed by atoms with Crippen molar-refractivity contribution in [1.82, 2.24) is 9.97 Å². The summed E-state index contributed by atoms with van der Waals surface area (Å²) in [5, 5.41) is 7.79. The molecule has 52 heavy (non-hydrogen) atoms. The second-order valence-corrected chi connectivity index (χ2v) is 13.7. The van der Waals surface area contributed by atoms with Crippen LogP contribution in [0.2, 0.25) is 0 Å². The summed E-state index contributed by atoms with van der Waals surface area (Å²) in [7, 11) is 2.16. The third-order valence-corrected chi connectivity index (χ3v) is 10.8. The second kappa shape index (κ2) is 11.2. The van der Waals surface area contributed by atoms with Crippen molar-refractivity contribution in [3.63, 3.8) is 0 Å². The Morgan fingerprint density at radius 1 is 0.558 bits per heavy atom. The zero-order chi connectivity index (χ0) is 34.3. The molecule has 0 N–H and O–H groups in total. The van der Waals surface area contributed by atoms with Crippen LogP contribution in [0.1, 0.15) is 0 Å². The van der Waals surface area contributed by atoms with E-state index in [9.17, 15) is 0 Å². The first kappa shape index (κ1) is 29.1. The summed E-state index contributed by atoms with van der Waals surface area (Å²) >= 11 is 0. The zero-order valence-corrected chi connectivity index (χ0v) is 28.4. The lowest BCUT2D eigenvalue weighted by atomic mass is 9.45. The fraction of sp³-hybridized carbons (Fsp3) is 0. The van der Waals surface area contributed by atoms with E-state index in [0.717, 1.165) is 71.6 Å². The third-order valence-electron chi connectivity index (χ3n) is 10.8. The molecule has 0 saturated carbocycles. The van der Waals surface area contributed by atoms with Gasteiger partial charge in [0.15, 0.2) is 0 Å². The van der Waals surface area contributed by atoms with Crippen LogP contribution in [0, 0.1) is 0 Å². The van der Waals surface area contributed by atoms with Gasteiger partial charge in [0.2, 0.25) is 5.95 Å². The van der Waals surface area contributed by atoms with Crippen molar-refractivity contribution in [2.45, 2.75) is 0 Å². The molecule has 0 fully saturated rings. The standard InChI is InChI=1S/C46H29B2N3O/c47-37-23-11-8-20-33(37)43-34-21-9-12-24-39(34)49-46(50-43)51-44-41(31-18-6-7-19-32(31)45-42(44)35-22-10-13-25-40(35)52-45)36-26-28-14-4-5-15-29(28)27-38(36)48(51)30-16-2-1-3-17-30/h1-27H,47H2. The van der Waals surface area contributed by atoms with Crippen molar-refractivity contribution in [1.29, 1.82) is 0 Å². The molecule has 2 aromatic heterocycles. The number of fused-ring (bicyclic) bond motifs is 12. The van der Waals surface area contributed by atoms with Crippen molar-refractivity contribution in [3.8, 4) is 22.4 Å². The van der Waals surface area contributed by atoms with Crippen molar-refractivity contribution in [3.05, 3.63) is 164 Å². The smallest absolute Gasteiger partial charge is 0.332 e. The average Bonchev–Trinajstić information content (AvgIpc) is 3.60. The molecule has 1 aliphatic heterocycles. The Labute approximate surface area is 301 Å². The van der Waals surface area contributed by atoms with Crippen LogP contribution in [-0.2, 0) is 0 Å². The number of nitrogens with zero attached hydrogens (tertiary/aromatic N) is 3. The van der Waals surface area contributed by atoms with Gasteiger partial charge in [-0.15, -0.1) is 0 Å². The number of hydrogen-bond acceptors (Lipinski definition) is 4. The molecule has 4 nitrogen and oxygen atoms in total. The SMILES string of the molecule is Bc1ccccc1-c1nc(N2B(c3ccccc3)c3cc4ccccc4cc3-c3c2c2c4ccccc4oc2c2ccccc32)nc2ccccc12. The summed E-state index contributed by atoms with van der Waals surface area (Å²) in [6.45, 7) is -0.239. The second-order valence-electron chi connectivity index (χ2n) is 13.7. The van der Waals surface area contributed by atoms with E-state index >= 15 is 0 Å². The average molecular weight is 661 g/mol. The highest BCUT2D eigenvalue weighted by Gasteiger charge is 2.42. The maximum atomic E-state index is 6.83. The van der Waals surface area contributed by atoms with Gasteiger partial charge >= 0.3 is 6.85 Å². The molecule has 0 amide bonds. The monoisotopic (exact) mass is 661 g/mol. The Morgan fingerprint density at radius 2 is 1.21 bits per heavy atom. The minimum absolute atomic E-state index is 0.239. The number of benzene rings is 8. The Balaban J connectivity index is 1.37. The normalized spacial score (nSPS) is 12.6. The minimum Gasteiger partial charge on any atom is -0.455 e. The van der Waals surface area contributed by atoms with Gasteiger partial charge < -0.3 is 9.23 Å². The molecule has 0 saturated heterocycles. The van der Waals surface area contributed by atoms with Crippen LogP contribution in [-0.4, -0.2) is 24.7 Å². The Hall–Kier alpha value is -6.65. The van der Waals surface area contributed by atoms with Gasteiger partial charge in [0, 0.05) is 21.7 Å². The molecule has 1 aliphatic rings. The largest absolute Gasteiger partial charge is 0.455 e. The van der Waals surface area contributed by atoms with Crippen LogP contribution in [0.15, 0.2) is 168 Å². The highest BCUT2D eigenvalue weighted by Crippen LogP contribution is 2.51. The first-order chi connectivity index (χ1) is 25.7. The van der Waals surface area contributed by atoms with E-state index in [1.807, 2.05) is 6.07 Å². The molecule has 0 atom stereocenters. The van der Waals surface area contributed by atoms with Gasteiger partial charge in [-0.3, -0.25) is 0 Å². The van der Waals surface area contributed by atoms with E-state index in [1.54, 1.807) is 0 Å². The minimum atomic E-state index is -0.239. The van der Waals surface area contributed by atoms with Crippen molar-refractivity contribution < 1.29 is 4.42 Å². The molecule has 0 radical (unpaired) electrons. The predicted molar refractivity (Wildman–Crippen MR) is 221 cm³/mol. The van der Waals surface area contributed by atoms with Crippen molar-refractivity contribution in [2.24, 2.45) is 0 Å². The van der Waals surface area contributed by atoms with Gasteiger partial charge in [0.1, 0.15) is 19.0 Å². The van der Waals surface area contributed by atoms with Gasteiger partial charge in [-0.1, -0.05) is 157 Å². The fourth-order valence-corrected chi connectivity index (χ4v) is 8.50. The highest BCUT2D eigenvalue weighted by molar-refractivity contribution is 6.91. The number of hydrogen-bond donors (Lipinski definition) is 0. The molecule has 8 aromatic carbocycles. The maximum absolute atomic E-state index is 6.83. The van der Waals surface area contributed by atoms with E-state index in [1.165, 1.54) is 27.3 Å². The summed E-state index contributed by atoms with van der Waals surface area (Å²) in [5.74, 6) is 0.646. The molecule has 0 unspecified atom stereocenters. The summed E-state index contributed by atoms with van der Waals surface area (Å²) in [6, 6.07) is 58.2. The molecule has 0 bridgehead atoms. The third kappa shape index (κ3) is 4.18. The van der Waals surface area contributed by atoms with Crippen LogP contribution >= 0.6 is 0 Å². The van der Waals surface area contributed by atoms with Gasteiger partial charge in [-0.05, 0) is 50.9 Å². The Morgan fingerprint density at radius 3 is 2.04 bits per heavy atom. The molecule has 240 valence electrons. The molecule has 0 aliphatic carbocycles. The van der Waals surface area contributed by atoms with Gasteiger partial charge in [0.25, 0.3) is 0 Å². The lowest BCUT2D eigenvalue weighted by molar-refractivity contribution is 0.672. The van der Waals surface area contributed by atoms with Crippen LogP contribution < -0.4 is 21.2 Å². The van der Waals surface area contributed by atoms with E-state index in [0.29, 0.717) is 5.95 Å². The predicted octanol–water partition coefficient (Wildman–Crippen LogP) is 8.69. The van der Waals surface area contributed by atoms with Crippen LogP contribution in [0.3, 0.4) is 0 Å². The zero-order valence-electron chi connectivity index (χ0n) is 28.4. The summed E-state index contributed by atoms with van der Waals surface area (Å²) in [4.78, 5) is 13.5. The lowest BCUT2D eigenvalue weighted by Gasteiger charge is -2.39. The summed E-state index contributed by atoms with van der Waals surface area (Å²) < 4.78 is 6.83. The van der Waals surface area contributed by atoms with E-state index in [2.05, 4.69) is 170 Å². The first-order valence-electron chi connectivity index (χ1n) is 17.8. The Kier molecular flexibility index (Phi) is 6.26. The van der Waals surface area contributed by atoms with E-state index in [-0.39, 0.29) is 6.85 Å². The molecular weight excluding hydrogens is 632 g/mol. The molecule has 3 heterocycles. The maximum Gasteiger partial charge on any atom is 0.332 e. The number of anilines is 2. The van der Waals surface area contributed by atoms with Crippen molar-refractivity contribution >= 4 is 97.1 Å². The van der Waals surface area contributed by atoms with E-state index < -0.39 is 0 Å². The number of rotatable bonds is 3. The summed E-state index contributed by atoms with van der Waals surface area (Å²) in [6.07, 6.45) is 0. The lowest BCUT2D eigenvalue weighted by Crippen LogP contribution is -2.58. The summed E-state index contributed by atoms with van der Waals surface area (Å²) in [5.41, 5.74) is 11.6. The Bertz CT molecular complexity index is 3070. The molecule has 0 spiro atoms.